The second-order valence-electron chi connectivity index (χ2n) is 7.10. The molecule has 2 aliphatic rings. The first-order valence-corrected chi connectivity index (χ1v) is 8.62. The van der Waals surface area contributed by atoms with E-state index in [2.05, 4.69) is 37.9 Å². The van der Waals surface area contributed by atoms with Crippen LogP contribution in [0.5, 0.6) is 0 Å². The van der Waals surface area contributed by atoms with E-state index in [0.29, 0.717) is 11.6 Å². The summed E-state index contributed by atoms with van der Waals surface area (Å²) in [4.78, 5) is 2.82. The van der Waals surface area contributed by atoms with Gasteiger partial charge in [0.1, 0.15) is 0 Å². The van der Waals surface area contributed by atoms with Crippen molar-refractivity contribution >= 4 is 0 Å². The van der Waals surface area contributed by atoms with E-state index >= 15 is 0 Å². The Kier molecular flexibility index (Phi) is 5.30. The molecule has 0 aromatic rings. The molecule has 0 aromatic carbocycles. The van der Waals surface area contributed by atoms with Gasteiger partial charge in [0.05, 0.1) is 0 Å². The standard InChI is InChI=1S/C17H34N2/c1-5-17(6-2)13-19(14(3)4)16(12-18-17)15-10-8-7-9-11-15/h14-16,18H,5-13H2,1-4H3. The number of hydrogen-bond donors (Lipinski definition) is 1. The Bertz CT molecular complexity index is 264. The summed E-state index contributed by atoms with van der Waals surface area (Å²) in [6.45, 7) is 11.9. The molecule has 0 amide bonds. The van der Waals surface area contributed by atoms with Crippen LogP contribution >= 0.6 is 0 Å². The summed E-state index contributed by atoms with van der Waals surface area (Å²) >= 11 is 0. The highest BCUT2D eigenvalue weighted by molar-refractivity contribution is 4.99. The summed E-state index contributed by atoms with van der Waals surface area (Å²) in [5, 5.41) is 3.92. The molecule has 2 heteroatoms. The van der Waals surface area contributed by atoms with E-state index in [1.165, 1.54) is 58.0 Å². The van der Waals surface area contributed by atoms with Crippen LogP contribution in [0.4, 0.5) is 0 Å². The Balaban J connectivity index is 2.07. The molecule has 2 nitrogen and oxygen atoms in total. The molecule has 2 rings (SSSR count). The van der Waals surface area contributed by atoms with Crippen molar-refractivity contribution in [3.8, 4) is 0 Å². The third-order valence-corrected chi connectivity index (χ3v) is 5.81. The molecule has 1 N–H and O–H groups in total. The summed E-state index contributed by atoms with van der Waals surface area (Å²) < 4.78 is 0. The lowest BCUT2D eigenvalue weighted by atomic mass is 9.79. The number of nitrogens with one attached hydrogen (secondary N) is 1. The van der Waals surface area contributed by atoms with Gasteiger partial charge in [-0.3, -0.25) is 4.90 Å². The van der Waals surface area contributed by atoms with Crippen LogP contribution in [0.1, 0.15) is 72.6 Å². The van der Waals surface area contributed by atoms with Gasteiger partial charge in [-0.25, -0.2) is 0 Å². The molecule has 1 heterocycles. The minimum atomic E-state index is 0.370. The number of nitrogens with zero attached hydrogens (tertiary/aromatic N) is 1. The predicted molar refractivity (Wildman–Crippen MR) is 83.5 cm³/mol. The normalized spacial score (nSPS) is 29.8. The highest BCUT2D eigenvalue weighted by Crippen LogP contribution is 2.33. The monoisotopic (exact) mass is 266 g/mol. The van der Waals surface area contributed by atoms with Crippen LogP contribution in [0.3, 0.4) is 0 Å². The Morgan fingerprint density at radius 2 is 1.74 bits per heavy atom. The number of hydrogen-bond acceptors (Lipinski definition) is 2. The van der Waals surface area contributed by atoms with Gasteiger partial charge in [0.2, 0.25) is 0 Å². The first-order valence-electron chi connectivity index (χ1n) is 8.62. The van der Waals surface area contributed by atoms with Crippen LogP contribution in [-0.4, -0.2) is 35.6 Å². The fraction of sp³-hybridized carbons (Fsp3) is 1.00. The zero-order valence-corrected chi connectivity index (χ0v) is 13.5. The van der Waals surface area contributed by atoms with Gasteiger partial charge in [-0.05, 0) is 45.4 Å². The molecule has 1 saturated heterocycles. The smallest absolute Gasteiger partial charge is 0.0304 e. The van der Waals surface area contributed by atoms with Gasteiger partial charge >= 0.3 is 0 Å². The van der Waals surface area contributed by atoms with Crippen molar-refractivity contribution < 1.29 is 0 Å². The fourth-order valence-corrected chi connectivity index (χ4v) is 4.21. The van der Waals surface area contributed by atoms with Crippen molar-refractivity contribution in [3.05, 3.63) is 0 Å². The van der Waals surface area contributed by atoms with Crippen molar-refractivity contribution in [2.45, 2.75) is 90.3 Å². The largest absolute Gasteiger partial charge is 0.308 e. The van der Waals surface area contributed by atoms with Gasteiger partial charge in [-0.2, -0.15) is 0 Å². The van der Waals surface area contributed by atoms with Crippen molar-refractivity contribution in [1.29, 1.82) is 0 Å². The maximum absolute atomic E-state index is 3.92. The first-order chi connectivity index (χ1) is 9.12. The number of rotatable bonds is 4. The Morgan fingerprint density at radius 1 is 1.11 bits per heavy atom. The van der Waals surface area contributed by atoms with Crippen LogP contribution in [0, 0.1) is 5.92 Å². The maximum atomic E-state index is 3.92. The average molecular weight is 266 g/mol. The zero-order chi connectivity index (χ0) is 13.9. The molecule has 1 atom stereocenters. The molecule has 0 spiro atoms. The summed E-state index contributed by atoms with van der Waals surface area (Å²) in [5.41, 5.74) is 0.370. The van der Waals surface area contributed by atoms with Crippen LogP contribution in [0.2, 0.25) is 0 Å². The van der Waals surface area contributed by atoms with E-state index in [4.69, 9.17) is 0 Å². The first kappa shape index (κ1) is 15.3. The molecule has 1 aliphatic heterocycles. The van der Waals surface area contributed by atoms with Crippen molar-refractivity contribution in [2.75, 3.05) is 13.1 Å². The summed E-state index contributed by atoms with van der Waals surface area (Å²) in [7, 11) is 0. The predicted octanol–water partition coefficient (Wildman–Crippen LogP) is 3.81. The SMILES string of the molecule is CCC1(CC)CN(C(C)C)C(C2CCCCC2)CN1. The molecule has 19 heavy (non-hydrogen) atoms. The van der Waals surface area contributed by atoms with Gasteiger partial charge in [-0.1, -0.05) is 33.1 Å². The minimum absolute atomic E-state index is 0.370. The van der Waals surface area contributed by atoms with Crippen molar-refractivity contribution in [1.82, 2.24) is 10.2 Å². The van der Waals surface area contributed by atoms with Crippen LogP contribution in [-0.2, 0) is 0 Å². The van der Waals surface area contributed by atoms with E-state index in [1.54, 1.807) is 0 Å². The molecule has 0 bridgehead atoms. The van der Waals surface area contributed by atoms with E-state index in [0.717, 1.165) is 12.0 Å². The topological polar surface area (TPSA) is 15.3 Å². The number of piperazine rings is 1. The fourth-order valence-electron chi connectivity index (χ4n) is 4.21. The van der Waals surface area contributed by atoms with Crippen molar-refractivity contribution in [3.63, 3.8) is 0 Å². The highest BCUT2D eigenvalue weighted by Gasteiger charge is 2.40. The lowest BCUT2D eigenvalue weighted by Gasteiger charge is -2.52. The van der Waals surface area contributed by atoms with Crippen LogP contribution < -0.4 is 5.32 Å². The van der Waals surface area contributed by atoms with E-state index in [1.807, 2.05) is 0 Å². The van der Waals surface area contributed by atoms with E-state index < -0.39 is 0 Å². The molecule has 0 aromatic heterocycles. The minimum Gasteiger partial charge on any atom is -0.308 e. The summed E-state index contributed by atoms with van der Waals surface area (Å²) in [6, 6.07) is 1.47. The third kappa shape index (κ3) is 3.33. The molecule has 1 saturated carbocycles. The van der Waals surface area contributed by atoms with E-state index in [9.17, 15) is 0 Å². The van der Waals surface area contributed by atoms with Gasteiger partial charge in [0, 0.05) is 30.7 Å². The molecule has 112 valence electrons. The Hall–Kier alpha value is -0.0800. The molecule has 0 radical (unpaired) electrons. The van der Waals surface area contributed by atoms with Crippen LogP contribution in [0.15, 0.2) is 0 Å². The van der Waals surface area contributed by atoms with Gasteiger partial charge in [-0.15, -0.1) is 0 Å². The molecular weight excluding hydrogens is 232 g/mol. The molecule has 2 fully saturated rings. The zero-order valence-electron chi connectivity index (χ0n) is 13.5. The average Bonchev–Trinajstić information content (AvgIpc) is 2.47. The van der Waals surface area contributed by atoms with Gasteiger partial charge < -0.3 is 5.32 Å². The third-order valence-electron chi connectivity index (χ3n) is 5.81. The van der Waals surface area contributed by atoms with E-state index in [-0.39, 0.29) is 0 Å². The lowest BCUT2D eigenvalue weighted by Crippen LogP contribution is -2.66. The Morgan fingerprint density at radius 3 is 2.26 bits per heavy atom. The maximum Gasteiger partial charge on any atom is 0.0304 e. The van der Waals surface area contributed by atoms with Crippen LogP contribution in [0.25, 0.3) is 0 Å². The molecular formula is C17H34N2. The molecule has 1 unspecified atom stereocenters. The second-order valence-corrected chi connectivity index (χ2v) is 7.10. The summed E-state index contributed by atoms with van der Waals surface area (Å²) in [6.07, 6.45) is 9.81. The quantitative estimate of drug-likeness (QED) is 0.832. The Labute approximate surface area is 120 Å². The highest BCUT2D eigenvalue weighted by atomic mass is 15.3. The summed E-state index contributed by atoms with van der Waals surface area (Å²) in [5.74, 6) is 0.940. The van der Waals surface area contributed by atoms with Gasteiger partial charge in [0.15, 0.2) is 0 Å². The second kappa shape index (κ2) is 6.58. The van der Waals surface area contributed by atoms with Crippen molar-refractivity contribution in [2.24, 2.45) is 5.92 Å². The van der Waals surface area contributed by atoms with Gasteiger partial charge in [0.25, 0.3) is 0 Å². The lowest BCUT2D eigenvalue weighted by molar-refractivity contribution is 0.0113. The molecule has 1 aliphatic carbocycles.